The number of aryl methyl sites for hydroxylation is 1. The zero-order valence-corrected chi connectivity index (χ0v) is 18.3. The lowest BCUT2D eigenvalue weighted by atomic mass is 9.94. The zero-order valence-electron chi connectivity index (χ0n) is 17.5. The molecule has 2 aliphatic rings. The minimum Gasteiger partial charge on any atom is -0.327 e. The van der Waals surface area contributed by atoms with Crippen LogP contribution in [0.4, 0.5) is 11.6 Å². The van der Waals surface area contributed by atoms with Crippen LogP contribution in [0.5, 0.6) is 0 Å². The molecule has 2 fully saturated rings. The monoisotopic (exact) mass is 438 g/mol. The van der Waals surface area contributed by atoms with Crippen LogP contribution in [0.3, 0.4) is 0 Å². The van der Waals surface area contributed by atoms with Gasteiger partial charge in [-0.15, -0.1) is 0 Å². The maximum absolute atomic E-state index is 12.5. The number of nitrogens with one attached hydrogen (secondary N) is 2. The number of hydrogen-bond donors (Lipinski definition) is 2. The highest BCUT2D eigenvalue weighted by atomic mass is 32.2. The molecule has 162 valence electrons. The lowest BCUT2D eigenvalue weighted by Gasteiger charge is -2.26. The average molecular weight is 439 g/mol. The quantitative estimate of drug-likeness (QED) is 0.557. The number of aromatic nitrogens is 4. The van der Waals surface area contributed by atoms with Gasteiger partial charge in [0.05, 0.1) is 22.5 Å². The van der Waals surface area contributed by atoms with Gasteiger partial charge in [-0.1, -0.05) is 6.42 Å². The Bertz CT molecular complexity index is 1180. The molecular weight excluding hydrogens is 412 g/mol. The maximum atomic E-state index is 12.5. The predicted molar refractivity (Wildman–Crippen MR) is 118 cm³/mol. The van der Waals surface area contributed by atoms with Gasteiger partial charge in [0.15, 0.2) is 0 Å². The minimum atomic E-state index is -3.48. The van der Waals surface area contributed by atoms with Crippen LogP contribution in [0.2, 0.25) is 0 Å². The third-order valence-corrected chi connectivity index (χ3v) is 7.49. The maximum Gasteiger partial charge on any atom is 0.240 e. The van der Waals surface area contributed by atoms with Crippen LogP contribution in [0, 0.1) is 12.8 Å². The molecule has 3 aromatic rings. The number of hydrogen-bond acceptors (Lipinski definition) is 6. The highest BCUT2D eigenvalue weighted by Gasteiger charge is 2.25. The standard InChI is InChI=1S/C22H26N6O2S/c1-15-24-13-21(28(15)14-16-5-6-16)20-11-12-23-22(26-20)25-17-7-9-19(10-8-17)31(29,30)27-18-3-2-4-18/h7-13,16,18,27H,2-6,14H2,1H3,(H,23,25,26). The normalized spacial score (nSPS) is 16.8. The van der Waals surface area contributed by atoms with Crippen molar-refractivity contribution in [2.45, 2.75) is 56.5 Å². The summed E-state index contributed by atoms with van der Waals surface area (Å²) >= 11 is 0. The number of anilines is 2. The van der Waals surface area contributed by atoms with Crippen molar-refractivity contribution in [3.05, 3.63) is 48.5 Å². The van der Waals surface area contributed by atoms with Crippen LogP contribution in [0.15, 0.2) is 47.6 Å². The molecule has 0 saturated heterocycles. The van der Waals surface area contributed by atoms with Gasteiger partial charge in [0.1, 0.15) is 5.82 Å². The van der Waals surface area contributed by atoms with Gasteiger partial charge in [0.2, 0.25) is 16.0 Å². The third kappa shape index (κ3) is 4.47. The van der Waals surface area contributed by atoms with E-state index in [2.05, 4.69) is 29.6 Å². The largest absolute Gasteiger partial charge is 0.327 e. The molecule has 0 amide bonds. The average Bonchev–Trinajstić information content (AvgIpc) is 3.48. The summed E-state index contributed by atoms with van der Waals surface area (Å²) in [5.74, 6) is 2.18. The van der Waals surface area contributed by atoms with Crippen LogP contribution in [0.1, 0.15) is 37.9 Å². The van der Waals surface area contributed by atoms with Gasteiger partial charge in [0, 0.05) is 24.5 Å². The number of benzene rings is 1. The molecule has 9 heteroatoms. The summed E-state index contributed by atoms with van der Waals surface area (Å²) < 4.78 is 29.9. The molecule has 1 aromatic carbocycles. The molecule has 0 radical (unpaired) electrons. The van der Waals surface area contributed by atoms with Gasteiger partial charge in [0.25, 0.3) is 0 Å². The first-order valence-electron chi connectivity index (χ1n) is 10.7. The van der Waals surface area contributed by atoms with Crippen molar-refractivity contribution in [1.29, 1.82) is 0 Å². The fraction of sp³-hybridized carbons (Fsp3) is 0.409. The molecule has 0 atom stereocenters. The first-order valence-corrected chi connectivity index (χ1v) is 12.2. The van der Waals surface area contributed by atoms with Crippen molar-refractivity contribution in [2.24, 2.45) is 5.92 Å². The topological polar surface area (TPSA) is 102 Å². The van der Waals surface area contributed by atoms with Crippen molar-refractivity contribution in [1.82, 2.24) is 24.2 Å². The van der Waals surface area contributed by atoms with Crippen LogP contribution in [0.25, 0.3) is 11.4 Å². The van der Waals surface area contributed by atoms with E-state index in [-0.39, 0.29) is 10.9 Å². The van der Waals surface area contributed by atoms with Crippen molar-refractivity contribution < 1.29 is 8.42 Å². The first-order chi connectivity index (χ1) is 15.0. The molecule has 2 aromatic heterocycles. The first kappa shape index (κ1) is 20.1. The van der Waals surface area contributed by atoms with E-state index in [9.17, 15) is 8.42 Å². The summed E-state index contributed by atoms with van der Waals surface area (Å²) in [7, 11) is -3.48. The summed E-state index contributed by atoms with van der Waals surface area (Å²) in [6.07, 6.45) is 9.02. The number of sulfonamides is 1. The van der Waals surface area contributed by atoms with Gasteiger partial charge in [-0.25, -0.2) is 28.1 Å². The van der Waals surface area contributed by atoms with Gasteiger partial charge < -0.3 is 9.88 Å². The predicted octanol–water partition coefficient (Wildman–Crippen LogP) is 3.63. The van der Waals surface area contributed by atoms with E-state index < -0.39 is 10.0 Å². The van der Waals surface area contributed by atoms with Crippen LogP contribution < -0.4 is 10.0 Å². The molecule has 2 aliphatic carbocycles. The number of imidazole rings is 1. The van der Waals surface area contributed by atoms with Gasteiger partial charge in [-0.2, -0.15) is 0 Å². The molecule has 2 saturated carbocycles. The molecular formula is C22H26N6O2S. The third-order valence-electron chi connectivity index (χ3n) is 5.96. The van der Waals surface area contributed by atoms with E-state index in [1.165, 1.54) is 12.8 Å². The molecule has 0 spiro atoms. The molecule has 0 unspecified atom stereocenters. The van der Waals surface area contributed by atoms with E-state index in [0.29, 0.717) is 5.95 Å². The van der Waals surface area contributed by atoms with Crippen molar-refractivity contribution in [2.75, 3.05) is 5.32 Å². The second-order valence-corrected chi connectivity index (χ2v) is 10.1. The van der Waals surface area contributed by atoms with Gasteiger partial charge in [-0.05, 0) is 68.9 Å². The van der Waals surface area contributed by atoms with E-state index in [0.717, 1.165) is 54.6 Å². The highest BCUT2D eigenvalue weighted by Crippen LogP contribution is 2.33. The number of rotatable bonds is 8. The lowest BCUT2D eigenvalue weighted by Crippen LogP contribution is -2.39. The molecule has 0 aliphatic heterocycles. The fourth-order valence-electron chi connectivity index (χ4n) is 3.68. The smallest absolute Gasteiger partial charge is 0.240 e. The van der Waals surface area contributed by atoms with Crippen molar-refractivity contribution >= 4 is 21.7 Å². The summed E-state index contributed by atoms with van der Waals surface area (Å²) in [6.45, 7) is 2.99. The highest BCUT2D eigenvalue weighted by molar-refractivity contribution is 7.89. The fourth-order valence-corrected chi connectivity index (χ4v) is 4.99. The summed E-state index contributed by atoms with van der Waals surface area (Å²) in [4.78, 5) is 13.7. The Balaban J connectivity index is 1.32. The molecule has 5 rings (SSSR count). The lowest BCUT2D eigenvalue weighted by molar-refractivity contribution is 0.383. The molecule has 2 heterocycles. The molecule has 31 heavy (non-hydrogen) atoms. The van der Waals surface area contributed by atoms with E-state index in [1.807, 2.05) is 19.2 Å². The molecule has 0 bridgehead atoms. The summed E-state index contributed by atoms with van der Waals surface area (Å²) in [5, 5.41) is 3.17. The molecule has 2 N–H and O–H groups in total. The van der Waals surface area contributed by atoms with E-state index >= 15 is 0 Å². The van der Waals surface area contributed by atoms with Crippen LogP contribution in [-0.4, -0.2) is 34.0 Å². The summed E-state index contributed by atoms with van der Waals surface area (Å²) in [5.41, 5.74) is 2.52. The Hall–Kier alpha value is -2.78. The Morgan fingerprint density at radius 3 is 2.52 bits per heavy atom. The Morgan fingerprint density at radius 1 is 1.06 bits per heavy atom. The number of nitrogens with zero attached hydrogens (tertiary/aromatic N) is 4. The zero-order chi connectivity index (χ0) is 21.4. The second-order valence-electron chi connectivity index (χ2n) is 8.41. The Kier molecular flexibility index (Phi) is 5.23. The summed E-state index contributed by atoms with van der Waals surface area (Å²) in [6, 6.07) is 8.60. The second kappa shape index (κ2) is 8.05. The molecule has 8 nitrogen and oxygen atoms in total. The van der Waals surface area contributed by atoms with Crippen molar-refractivity contribution in [3.8, 4) is 11.4 Å². The van der Waals surface area contributed by atoms with Gasteiger partial charge >= 0.3 is 0 Å². The van der Waals surface area contributed by atoms with Gasteiger partial charge in [-0.3, -0.25) is 0 Å². The Labute approximate surface area is 182 Å². The van der Waals surface area contributed by atoms with Crippen LogP contribution in [-0.2, 0) is 16.6 Å². The van der Waals surface area contributed by atoms with Crippen LogP contribution >= 0.6 is 0 Å². The van der Waals surface area contributed by atoms with E-state index in [4.69, 9.17) is 0 Å². The SMILES string of the molecule is Cc1ncc(-c2ccnc(Nc3ccc(S(=O)(=O)NC4CCC4)cc3)n2)n1CC1CC1. The minimum absolute atomic E-state index is 0.0657. The Morgan fingerprint density at radius 2 is 1.84 bits per heavy atom. The van der Waals surface area contributed by atoms with Crippen molar-refractivity contribution in [3.63, 3.8) is 0 Å². The van der Waals surface area contributed by atoms with E-state index in [1.54, 1.807) is 30.5 Å².